The van der Waals surface area contributed by atoms with Gasteiger partial charge < -0.3 is 0 Å². The SMILES string of the molecule is Cc1ccc(C(Br)c2ccc(Br)c(C)c2)c(C)c1. The summed E-state index contributed by atoms with van der Waals surface area (Å²) in [6.45, 7) is 6.42. The molecule has 0 saturated heterocycles. The van der Waals surface area contributed by atoms with E-state index in [0.29, 0.717) is 0 Å². The first-order valence-corrected chi connectivity index (χ1v) is 7.67. The van der Waals surface area contributed by atoms with Gasteiger partial charge in [0, 0.05) is 4.47 Å². The van der Waals surface area contributed by atoms with Crippen LogP contribution in [-0.4, -0.2) is 0 Å². The van der Waals surface area contributed by atoms with E-state index >= 15 is 0 Å². The van der Waals surface area contributed by atoms with Gasteiger partial charge in [-0.15, -0.1) is 0 Å². The molecular formula is C16H16Br2. The van der Waals surface area contributed by atoms with Gasteiger partial charge >= 0.3 is 0 Å². The third kappa shape index (κ3) is 2.86. The molecule has 0 aliphatic heterocycles. The molecule has 0 bridgehead atoms. The quantitative estimate of drug-likeness (QED) is 0.583. The summed E-state index contributed by atoms with van der Waals surface area (Å²) < 4.78 is 1.16. The average Bonchev–Trinajstić information content (AvgIpc) is 2.32. The molecule has 0 aliphatic carbocycles. The standard InChI is InChI=1S/C16H16Br2/c1-10-4-6-14(11(2)8-10)16(18)13-5-7-15(17)12(3)9-13/h4-9,16H,1-3H3. The van der Waals surface area contributed by atoms with E-state index in [1.807, 2.05) is 0 Å². The van der Waals surface area contributed by atoms with Crippen LogP contribution in [0.4, 0.5) is 0 Å². The molecule has 2 heteroatoms. The number of hydrogen-bond acceptors (Lipinski definition) is 0. The first-order valence-electron chi connectivity index (χ1n) is 5.96. The fourth-order valence-electron chi connectivity index (χ4n) is 2.12. The molecule has 0 amide bonds. The van der Waals surface area contributed by atoms with Gasteiger partial charge in [0.2, 0.25) is 0 Å². The molecule has 0 spiro atoms. The van der Waals surface area contributed by atoms with E-state index in [-0.39, 0.29) is 4.83 Å². The lowest BCUT2D eigenvalue weighted by Crippen LogP contribution is -1.97. The van der Waals surface area contributed by atoms with E-state index in [0.717, 1.165) is 4.47 Å². The average molecular weight is 368 g/mol. The Hall–Kier alpha value is -0.600. The summed E-state index contributed by atoms with van der Waals surface area (Å²) in [6, 6.07) is 13.1. The second-order valence-electron chi connectivity index (χ2n) is 4.73. The fourth-order valence-corrected chi connectivity index (χ4v) is 3.16. The van der Waals surface area contributed by atoms with Crippen LogP contribution in [0.5, 0.6) is 0 Å². The zero-order valence-electron chi connectivity index (χ0n) is 10.8. The van der Waals surface area contributed by atoms with Gasteiger partial charge in [-0.2, -0.15) is 0 Å². The molecule has 2 rings (SSSR count). The van der Waals surface area contributed by atoms with Crippen LogP contribution in [0.15, 0.2) is 40.9 Å². The van der Waals surface area contributed by atoms with Crippen molar-refractivity contribution in [1.29, 1.82) is 0 Å². The summed E-state index contributed by atoms with van der Waals surface area (Å²) in [6.07, 6.45) is 0. The smallest absolute Gasteiger partial charge is 0.0647 e. The van der Waals surface area contributed by atoms with Crippen molar-refractivity contribution in [3.05, 3.63) is 68.7 Å². The van der Waals surface area contributed by atoms with Gasteiger partial charge in [0.15, 0.2) is 0 Å². The number of hydrogen-bond donors (Lipinski definition) is 0. The molecule has 0 N–H and O–H groups in total. The van der Waals surface area contributed by atoms with Crippen molar-refractivity contribution in [1.82, 2.24) is 0 Å². The highest BCUT2D eigenvalue weighted by atomic mass is 79.9. The van der Waals surface area contributed by atoms with Crippen molar-refractivity contribution >= 4 is 31.9 Å². The van der Waals surface area contributed by atoms with Gasteiger partial charge in [-0.25, -0.2) is 0 Å². The first-order chi connectivity index (χ1) is 8.49. The maximum Gasteiger partial charge on any atom is 0.0647 e. The minimum Gasteiger partial charge on any atom is -0.0786 e. The lowest BCUT2D eigenvalue weighted by molar-refractivity contribution is 1.13. The van der Waals surface area contributed by atoms with Gasteiger partial charge in [0.25, 0.3) is 0 Å². The molecule has 0 fully saturated rings. The third-order valence-electron chi connectivity index (χ3n) is 3.17. The second-order valence-corrected chi connectivity index (χ2v) is 6.50. The van der Waals surface area contributed by atoms with Crippen LogP contribution in [0, 0.1) is 20.8 Å². The molecule has 0 radical (unpaired) electrons. The van der Waals surface area contributed by atoms with Crippen LogP contribution in [0.2, 0.25) is 0 Å². The van der Waals surface area contributed by atoms with Crippen molar-refractivity contribution in [2.45, 2.75) is 25.6 Å². The molecule has 2 aromatic carbocycles. The molecule has 94 valence electrons. The van der Waals surface area contributed by atoms with Crippen LogP contribution < -0.4 is 0 Å². The second kappa shape index (κ2) is 5.58. The Balaban J connectivity index is 2.41. The first kappa shape index (κ1) is 13.8. The fraction of sp³-hybridized carbons (Fsp3) is 0.250. The van der Waals surface area contributed by atoms with Crippen LogP contribution >= 0.6 is 31.9 Å². The van der Waals surface area contributed by atoms with E-state index in [9.17, 15) is 0 Å². The maximum absolute atomic E-state index is 3.81. The molecule has 1 atom stereocenters. The van der Waals surface area contributed by atoms with Crippen molar-refractivity contribution in [2.75, 3.05) is 0 Å². The van der Waals surface area contributed by atoms with E-state index in [1.165, 1.54) is 27.8 Å². The molecule has 18 heavy (non-hydrogen) atoms. The number of halogens is 2. The molecule has 0 aromatic heterocycles. The minimum absolute atomic E-state index is 0.255. The maximum atomic E-state index is 3.81. The summed E-state index contributed by atoms with van der Waals surface area (Å²) in [4.78, 5) is 0.255. The molecule has 1 unspecified atom stereocenters. The van der Waals surface area contributed by atoms with Gasteiger partial charge in [-0.1, -0.05) is 67.8 Å². The highest BCUT2D eigenvalue weighted by Crippen LogP contribution is 2.34. The largest absolute Gasteiger partial charge is 0.0786 e. The highest BCUT2D eigenvalue weighted by molar-refractivity contribution is 9.10. The van der Waals surface area contributed by atoms with E-state index in [2.05, 4.69) is 89.0 Å². The lowest BCUT2D eigenvalue weighted by atomic mass is 9.98. The topological polar surface area (TPSA) is 0 Å². The molecule has 0 saturated carbocycles. The minimum atomic E-state index is 0.255. The predicted octanol–water partition coefficient (Wildman–Crippen LogP) is 5.86. The molecule has 0 nitrogen and oxygen atoms in total. The lowest BCUT2D eigenvalue weighted by Gasteiger charge is -2.15. The summed E-state index contributed by atoms with van der Waals surface area (Å²) in [7, 11) is 0. The van der Waals surface area contributed by atoms with Gasteiger partial charge in [0.05, 0.1) is 4.83 Å². The summed E-state index contributed by atoms with van der Waals surface area (Å²) in [5.74, 6) is 0. The van der Waals surface area contributed by atoms with Crippen molar-refractivity contribution in [2.24, 2.45) is 0 Å². The number of alkyl halides is 1. The highest BCUT2D eigenvalue weighted by Gasteiger charge is 2.13. The van der Waals surface area contributed by atoms with Gasteiger partial charge in [-0.05, 0) is 49.1 Å². The summed E-state index contributed by atoms with van der Waals surface area (Å²) in [5, 5.41) is 0. The Morgan fingerprint density at radius 2 is 1.61 bits per heavy atom. The number of rotatable bonds is 2. The van der Waals surface area contributed by atoms with Gasteiger partial charge in [0.1, 0.15) is 0 Å². The molecule has 0 heterocycles. The van der Waals surface area contributed by atoms with Crippen LogP contribution in [0.3, 0.4) is 0 Å². The normalized spacial score (nSPS) is 12.5. The van der Waals surface area contributed by atoms with E-state index in [4.69, 9.17) is 0 Å². The van der Waals surface area contributed by atoms with E-state index < -0.39 is 0 Å². The monoisotopic (exact) mass is 366 g/mol. The van der Waals surface area contributed by atoms with Gasteiger partial charge in [-0.3, -0.25) is 0 Å². The van der Waals surface area contributed by atoms with Crippen molar-refractivity contribution < 1.29 is 0 Å². The third-order valence-corrected chi connectivity index (χ3v) is 5.08. The summed E-state index contributed by atoms with van der Waals surface area (Å²) in [5.41, 5.74) is 6.53. The zero-order valence-corrected chi connectivity index (χ0v) is 14.0. The van der Waals surface area contributed by atoms with Crippen LogP contribution in [0.1, 0.15) is 32.6 Å². The molecule has 0 aliphatic rings. The Morgan fingerprint density at radius 3 is 2.22 bits per heavy atom. The Kier molecular flexibility index (Phi) is 4.29. The predicted molar refractivity (Wildman–Crippen MR) is 85.6 cm³/mol. The zero-order chi connectivity index (χ0) is 13.3. The number of benzene rings is 2. The van der Waals surface area contributed by atoms with Crippen LogP contribution in [-0.2, 0) is 0 Å². The summed E-state index contributed by atoms with van der Waals surface area (Å²) >= 11 is 7.36. The Labute approximate surface area is 126 Å². The van der Waals surface area contributed by atoms with E-state index in [1.54, 1.807) is 0 Å². The Morgan fingerprint density at radius 1 is 0.889 bits per heavy atom. The molecular weight excluding hydrogens is 352 g/mol. The Bertz CT molecular complexity index is 573. The van der Waals surface area contributed by atoms with Crippen molar-refractivity contribution in [3.8, 4) is 0 Å². The molecule has 2 aromatic rings. The van der Waals surface area contributed by atoms with Crippen LogP contribution in [0.25, 0.3) is 0 Å². The van der Waals surface area contributed by atoms with Crippen molar-refractivity contribution in [3.63, 3.8) is 0 Å². The number of aryl methyl sites for hydroxylation is 3.